The number of imidazole rings is 2. The number of pyridine rings is 1. The van der Waals surface area contributed by atoms with Gasteiger partial charge >= 0.3 is 6.09 Å². The standard InChI is InChI=1S/C48H53N9O4/c1-4-55(5-2)43(36-13-7-6-8-14-36)47(59)57-28-12-17-42(57)45-51-31-40(53-45)35-24-20-33(21-25-35)32-18-22-34(23-19-32)39-30-50-44(52-39)41-16-11-27-56(41)46(58)38(54-48(60)61-3)29-37-15-9-10-26-49-37/h6-10,13-15,18-26,30-31,38,41-43H,4-5,11-12,16-17,27-29H2,1-3H3,(H,50,52)(H,51,53)(H,54,60)/t38-,41-,42-,43+/m0/s1. The van der Waals surface area contributed by atoms with Crippen molar-refractivity contribution in [2.45, 2.75) is 70.1 Å². The van der Waals surface area contributed by atoms with Gasteiger partial charge in [0, 0.05) is 31.4 Å². The third-order valence-corrected chi connectivity index (χ3v) is 12.1. The molecule has 0 unspecified atom stereocenters. The van der Waals surface area contributed by atoms with E-state index in [9.17, 15) is 14.4 Å². The molecular formula is C48H53N9O4. The number of likely N-dealkylation sites (N-methyl/N-ethyl adjacent to an activating group) is 1. The summed E-state index contributed by atoms with van der Waals surface area (Å²) in [6.07, 6.45) is 8.32. The zero-order chi connectivity index (χ0) is 42.3. The van der Waals surface area contributed by atoms with Crippen molar-refractivity contribution in [3.8, 4) is 33.6 Å². The Balaban J connectivity index is 0.924. The Labute approximate surface area is 356 Å². The predicted molar refractivity (Wildman–Crippen MR) is 234 cm³/mol. The first-order chi connectivity index (χ1) is 29.8. The minimum absolute atomic E-state index is 0.100. The molecule has 8 rings (SSSR count). The van der Waals surface area contributed by atoms with Gasteiger partial charge in [-0.1, -0.05) is 98.8 Å². The Bertz CT molecular complexity index is 2400. The number of carbonyl (C=O) groups excluding carboxylic acids is 3. The van der Waals surface area contributed by atoms with Crippen LogP contribution in [0.3, 0.4) is 0 Å². The van der Waals surface area contributed by atoms with Gasteiger partial charge in [-0.2, -0.15) is 0 Å². The fraction of sp³-hybridized carbons (Fsp3) is 0.333. The highest BCUT2D eigenvalue weighted by molar-refractivity contribution is 5.86. The van der Waals surface area contributed by atoms with Gasteiger partial charge in [-0.05, 0) is 78.7 Å². The largest absolute Gasteiger partial charge is 0.453 e. The number of hydrogen-bond acceptors (Lipinski definition) is 8. The summed E-state index contributed by atoms with van der Waals surface area (Å²) >= 11 is 0. The lowest BCUT2D eigenvalue weighted by Crippen LogP contribution is -2.49. The van der Waals surface area contributed by atoms with Crippen LogP contribution in [0.25, 0.3) is 33.6 Å². The van der Waals surface area contributed by atoms with E-state index in [1.807, 2.05) is 53.7 Å². The van der Waals surface area contributed by atoms with Crippen molar-refractivity contribution in [1.29, 1.82) is 0 Å². The zero-order valence-corrected chi connectivity index (χ0v) is 35.0. The highest BCUT2D eigenvalue weighted by Crippen LogP contribution is 2.37. The molecule has 0 radical (unpaired) electrons. The summed E-state index contributed by atoms with van der Waals surface area (Å²) < 4.78 is 4.83. The second kappa shape index (κ2) is 18.8. The van der Waals surface area contributed by atoms with E-state index in [0.717, 1.165) is 83.8 Å². The molecule has 13 heteroatoms. The number of methoxy groups -OCH3 is 1. The number of carbonyl (C=O) groups is 3. The molecule has 0 saturated carbocycles. The Morgan fingerprint density at radius 1 is 0.705 bits per heavy atom. The van der Waals surface area contributed by atoms with Crippen LogP contribution < -0.4 is 5.32 Å². The number of aromatic amines is 2. The topological polar surface area (TPSA) is 152 Å². The number of aromatic nitrogens is 5. The average molecular weight is 820 g/mol. The first-order valence-electron chi connectivity index (χ1n) is 21.3. The van der Waals surface area contributed by atoms with Crippen LogP contribution in [0.1, 0.15) is 80.6 Å². The zero-order valence-electron chi connectivity index (χ0n) is 35.0. The Morgan fingerprint density at radius 3 is 1.74 bits per heavy atom. The Hall–Kier alpha value is -6.60. The monoisotopic (exact) mass is 819 g/mol. The normalized spacial score (nSPS) is 17.4. The molecule has 2 aliphatic heterocycles. The van der Waals surface area contributed by atoms with Gasteiger partial charge in [-0.25, -0.2) is 14.8 Å². The minimum atomic E-state index is -0.827. The van der Waals surface area contributed by atoms with Gasteiger partial charge in [-0.15, -0.1) is 0 Å². The predicted octanol–water partition coefficient (Wildman–Crippen LogP) is 7.91. The fourth-order valence-electron chi connectivity index (χ4n) is 8.84. The average Bonchev–Trinajstić information content (AvgIpc) is 4.16. The maximum atomic E-state index is 14.2. The number of benzene rings is 3. The number of ether oxygens (including phenoxy) is 1. The molecule has 314 valence electrons. The maximum Gasteiger partial charge on any atom is 0.407 e. The van der Waals surface area contributed by atoms with Crippen molar-refractivity contribution in [1.82, 2.24) is 44.9 Å². The van der Waals surface area contributed by atoms with Crippen molar-refractivity contribution in [2.24, 2.45) is 0 Å². The molecule has 3 aromatic heterocycles. The lowest BCUT2D eigenvalue weighted by molar-refractivity contribution is -0.138. The van der Waals surface area contributed by atoms with E-state index >= 15 is 0 Å². The summed E-state index contributed by atoms with van der Waals surface area (Å²) in [5, 5.41) is 2.71. The van der Waals surface area contributed by atoms with E-state index < -0.39 is 12.1 Å². The molecule has 0 aliphatic carbocycles. The lowest BCUT2D eigenvalue weighted by Gasteiger charge is -2.34. The number of rotatable bonds is 14. The van der Waals surface area contributed by atoms with Crippen molar-refractivity contribution in [3.63, 3.8) is 0 Å². The number of hydrogen-bond donors (Lipinski definition) is 3. The molecule has 3 amide bonds. The first kappa shape index (κ1) is 41.1. The van der Waals surface area contributed by atoms with Crippen molar-refractivity contribution in [2.75, 3.05) is 33.3 Å². The molecule has 3 N–H and O–H groups in total. The molecule has 5 heterocycles. The number of likely N-dealkylation sites (tertiary alicyclic amines) is 2. The molecule has 6 aromatic rings. The van der Waals surface area contributed by atoms with E-state index in [2.05, 4.69) is 99.7 Å². The van der Waals surface area contributed by atoms with Crippen molar-refractivity contribution in [3.05, 3.63) is 139 Å². The summed E-state index contributed by atoms with van der Waals surface area (Å²) in [7, 11) is 1.28. The van der Waals surface area contributed by atoms with E-state index in [1.165, 1.54) is 7.11 Å². The van der Waals surface area contributed by atoms with Crippen LogP contribution in [-0.2, 0) is 20.7 Å². The van der Waals surface area contributed by atoms with Gasteiger partial charge in [0.15, 0.2) is 0 Å². The van der Waals surface area contributed by atoms with E-state index in [1.54, 1.807) is 11.1 Å². The number of amides is 3. The molecule has 2 saturated heterocycles. The van der Waals surface area contributed by atoms with Crippen LogP contribution in [0.5, 0.6) is 0 Å². The van der Waals surface area contributed by atoms with Crippen LogP contribution in [0.15, 0.2) is 116 Å². The third kappa shape index (κ3) is 8.97. The maximum absolute atomic E-state index is 14.2. The summed E-state index contributed by atoms with van der Waals surface area (Å²) in [5.41, 5.74) is 7.65. The van der Waals surface area contributed by atoms with Crippen LogP contribution >= 0.6 is 0 Å². The summed E-state index contributed by atoms with van der Waals surface area (Å²) in [6.45, 7) is 7.07. The fourth-order valence-corrected chi connectivity index (χ4v) is 8.84. The number of alkyl carbamates (subject to hydrolysis) is 1. The second-order valence-corrected chi connectivity index (χ2v) is 15.6. The molecule has 2 fully saturated rings. The van der Waals surface area contributed by atoms with Crippen LogP contribution in [0.2, 0.25) is 0 Å². The van der Waals surface area contributed by atoms with Gasteiger partial charge in [0.05, 0.1) is 43.0 Å². The third-order valence-electron chi connectivity index (χ3n) is 12.1. The number of H-pyrrole nitrogens is 2. The highest BCUT2D eigenvalue weighted by atomic mass is 16.5. The van der Waals surface area contributed by atoms with Gasteiger partial charge in [-0.3, -0.25) is 19.5 Å². The Kier molecular flexibility index (Phi) is 12.7. The van der Waals surface area contributed by atoms with Gasteiger partial charge in [0.2, 0.25) is 11.8 Å². The molecule has 13 nitrogen and oxygen atoms in total. The smallest absolute Gasteiger partial charge is 0.407 e. The first-order valence-corrected chi connectivity index (χ1v) is 21.3. The molecule has 3 aromatic carbocycles. The second-order valence-electron chi connectivity index (χ2n) is 15.6. The van der Waals surface area contributed by atoms with Gasteiger partial charge in [0.25, 0.3) is 0 Å². The summed E-state index contributed by atoms with van der Waals surface area (Å²) in [5.74, 6) is 1.46. The van der Waals surface area contributed by atoms with Crippen LogP contribution in [0.4, 0.5) is 4.79 Å². The van der Waals surface area contributed by atoms with Gasteiger partial charge < -0.3 is 29.8 Å². The number of nitrogens with zero attached hydrogens (tertiary/aromatic N) is 6. The molecule has 2 aliphatic rings. The van der Waals surface area contributed by atoms with E-state index in [0.29, 0.717) is 24.6 Å². The Morgan fingerprint density at radius 2 is 1.23 bits per heavy atom. The van der Waals surface area contributed by atoms with E-state index in [-0.39, 0.29) is 36.4 Å². The molecule has 61 heavy (non-hydrogen) atoms. The SMILES string of the molecule is CCN(CC)[C@@H](C(=O)N1CCC[C@H]1c1ncc(-c2ccc(-c3ccc(-c4cnc([C@@H]5CCCN5C(=O)[C@H](Cc5ccccn5)NC(=O)OC)[nH]4)cc3)cc2)[nH]1)c1ccccc1. The number of nitrogens with one attached hydrogen (secondary N) is 3. The van der Waals surface area contributed by atoms with Crippen LogP contribution in [0, 0.1) is 0 Å². The summed E-state index contributed by atoms with van der Waals surface area (Å²) in [6, 6.07) is 30.9. The van der Waals surface area contributed by atoms with Gasteiger partial charge in [0.1, 0.15) is 23.7 Å². The van der Waals surface area contributed by atoms with Crippen LogP contribution in [-0.4, -0.2) is 96.9 Å². The molecule has 0 spiro atoms. The quantitative estimate of drug-likeness (QED) is 0.100. The van der Waals surface area contributed by atoms with E-state index in [4.69, 9.17) is 14.7 Å². The summed E-state index contributed by atoms with van der Waals surface area (Å²) in [4.78, 5) is 67.3. The molecular weight excluding hydrogens is 767 g/mol. The van der Waals surface area contributed by atoms with Crippen molar-refractivity contribution >= 4 is 17.9 Å². The molecule has 4 atom stereocenters. The highest BCUT2D eigenvalue weighted by Gasteiger charge is 2.39. The molecule has 0 bridgehead atoms. The van der Waals surface area contributed by atoms with Crippen molar-refractivity contribution < 1.29 is 19.1 Å². The minimum Gasteiger partial charge on any atom is -0.453 e. The lowest BCUT2D eigenvalue weighted by atomic mass is 10.0.